The van der Waals surface area contributed by atoms with Crippen molar-refractivity contribution >= 4 is 19.7 Å². The number of amides is 1. The molecule has 0 aliphatic heterocycles. The van der Waals surface area contributed by atoms with Crippen LogP contribution in [0, 0.1) is 0 Å². The summed E-state index contributed by atoms with van der Waals surface area (Å²) >= 11 is 0. The molecular weight excluding hydrogens is 301 g/mol. The molecule has 1 rings (SSSR count). The maximum Gasteiger partial charge on any atom is 0.470 e. The lowest BCUT2D eigenvalue weighted by molar-refractivity contribution is -0.123. The van der Waals surface area contributed by atoms with Crippen molar-refractivity contribution in [2.75, 3.05) is 6.61 Å². The van der Waals surface area contributed by atoms with Crippen LogP contribution in [0.1, 0.15) is 12.5 Å². The average Bonchev–Trinajstić information content (AvgIpc) is 2.42. The van der Waals surface area contributed by atoms with Gasteiger partial charge in [0, 0.05) is 0 Å². The summed E-state index contributed by atoms with van der Waals surface area (Å²) in [4.78, 5) is 39.8. The van der Waals surface area contributed by atoms with Crippen LogP contribution >= 0.6 is 7.82 Å². The highest BCUT2D eigenvalue weighted by atomic mass is 31.2. The Bertz CT molecular complexity index is 528. The van der Waals surface area contributed by atoms with Crippen molar-refractivity contribution in [3.8, 4) is 0 Å². The SMILES string of the molecule is C[C@H](NC(=O)OCc1ccccc1)C(=O)COP(=O)(O)O. The van der Waals surface area contributed by atoms with Gasteiger partial charge in [0.15, 0.2) is 5.78 Å². The quantitative estimate of drug-likeness (QED) is 0.641. The molecule has 0 aliphatic rings. The molecule has 0 spiro atoms. The first-order valence-electron chi connectivity index (χ1n) is 5.98. The van der Waals surface area contributed by atoms with E-state index >= 15 is 0 Å². The van der Waals surface area contributed by atoms with Gasteiger partial charge in [0.2, 0.25) is 0 Å². The summed E-state index contributed by atoms with van der Waals surface area (Å²) in [7, 11) is -4.71. The Morgan fingerprint density at radius 1 is 1.29 bits per heavy atom. The molecule has 0 bridgehead atoms. The van der Waals surface area contributed by atoms with E-state index in [1.54, 1.807) is 24.3 Å². The minimum absolute atomic E-state index is 0.0482. The molecule has 0 saturated carbocycles. The Morgan fingerprint density at radius 2 is 1.90 bits per heavy atom. The van der Waals surface area contributed by atoms with Crippen molar-refractivity contribution in [2.45, 2.75) is 19.6 Å². The zero-order chi connectivity index (χ0) is 15.9. The van der Waals surface area contributed by atoms with Crippen molar-refractivity contribution in [3.05, 3.63) is 35.9 Å². The highest BCUT2D eigenvalue weighted by molar-refractivity contribution is 7.46. The second kappa shape index (κ2) is 7.90. The van der Waals surface area contributed by atoms with Crippen molar-refractivity contribution in [1.82, 2.24) is 5.32 Å². The summed E-state index contributed by atoms with van der Waals surface area (Å²) < 4.78 is 19.4. The third kappa shape index (κ3) is 7.57. The van der Waals surface area contributed by atoms with Gasteiger partial charge in [0.1, 0.15) is 13.2 Å². The van der Waals surface area contributed by atoms with Crippen LogP contribution in [-0.2, 0) is 25.2 Å². The summed E-state index contributed by atoms with van der Waals surface area (Å²) in [6.45, 7) is 0.603. The summed E-state index contributed by atoms with van der Waals surface area (Å²) in [5.41, 5.74) is 0.788. The van der Waals surface area contributed by atoms with Gasteiger partial charge in [-0.05, 0) is 12.5 Å². The van der Waals surface area contributed by atoms with Crippen LogP contribution < -0.4 is 5.32 Å². The van der Waals surface area contributed by atoms with Gasteiger partial charge >= 0.3 is 13.9 Å². The van der Waals surface area contributed by atoms with Gasteiger partial charge in [-0.1, -0.05) is 30.3 Å². The third-order valence-corrected chi connectivity index (χ3v) is 2.87. The van der Waals surface area contributed by atoms with Crippen LogP contribution in [0.25, 0.3) is 0 Å². The fraction of sp³-hybridized carbons (Fsp3) is 0.333. The van der Waals surface area contributed by atoms with Crippen molar-refractivity contribution in [1.29, 1.82) is 0 Å². The first-order chi connectivity index (χ1) is 9.78. The van der Waals surface area contributed by atoms with E-state index in [9.17, 15) is 14.2 Å². The lowest BCUT2D eigenvalue weighted by Crippen LogP contribution is -2.40. The molecule has 3 N–H and O–H groups in total. The van der Waals surface area contributed by atoms with Gasteiger partial charge in [0.25, 0.3) is 0 Å². The zero-order valence-corrected chi connectivity index (χ0v) is 12.2. The Labute approximate surface area is 121 Å². The number of phosphoric acid groups is 1. The Kier molecular flexibility index (Phi) is 6.51. The Morgan fingerprint density at radius 3 is 2.48 bits per heavy atom. The van der Waals surface area contributed by atoms with Gasteiger partial charge in [-0.25, -0.2) is 9.36 Å². The maximum absolute atomic E-state index is 11.5. The molecule has 0 saturated heterocycles. The smallest absolute Gasteiger partial charge is 0.445 e. The van der Waals surface area contributed by atoms with E-state index in [4.69, 9.17) is 14.5 Å². The van der Waals surface area contributed by atoms with Crippen molar-refractivity contribution < 1.29 is 33.2 Å². The van der Waals surface area contributed by atoms with Crippen molar-refractivity contribution in [3.63, 3.8) is 0 Å². The normalized spacial score (nSPS) is 12.5. The number of nitrogens with one attached hydrogen (secondary N) is 1. The average molecular weight is 317 g/mol. The molecule has 21 heavy (non-hydrogen) atoms. The first kappa shape index (κ1) is 17.3. The number of ether oxygens (including phenoxy) is 1. The highest BCUT2D eigenvalue weighted by Gasteiger charge is 2.21. The van der Waals surface area contributed by atoms with Crippen LogP contribution in [-0.4, -0.2) is 34.3 Å². The molecule has 9 heteroatoms. The number of hydrogen-bond donors (Lipinski definition) is 3. The number of alkyl carbamates (subject to hydrolysis) is 1. The molecule has 0 aromatic heterocycles. The Hall–Kier alpha value is -1.73. The number of carbonyl (C=O) groups is 2. The van der Waals surface area contributed by atoms with E-state index in [-0.39, 0.29) is 6.61 Å². The predicted octanol–water partition coefficient (Wildman–Crippen LogP) is 0.980. The maximum atomic E-state index is 11.5. The lowest BCUT2D eigenvalue weighted by Gasteiger charge is -2.13. The molecule has 1 aromatic carbocycles. The first-order valence-corrected chi connectivity index (χ1v) is 7.51. The molecule has 1 aromatic rings. The molecule has 0 radical (unpaired) electrons. The molecule has 0 unspecified atom stereocenters. The standard InChI is InChI=1S/C12H16NO7P/c1-9(11(14)8-20-21(16,17)18)13-12(15)19-7-10-5-3-2-4-6-10/h2-6,9H,7-8H2,1H3,(H,13,15)(H2,16,17,18)/t9-/m0/s1. The summed E-state index contributed by atoms with van der Waals surface area (Å²) in [6.07, 6.45) is -0.809. The second-order valence-electron chi connectivity index (χ2n) is 4.16. The van der Waals surface area contributed by atoms with Gasteiger partial charge in [-0.3, -0.25) is 9.32 Å². The van der Waals surface area contributed by atoms with E-state index < -0.39 is 32.3 Å². The van der Waals surface area contributed by atoms with Crippen LogP contribution in [0.2, 0.25) is 0 Å². The molecular formula is C12H16NO7P. The monoisotopic (exact) mass is 317 g/mol. The summed E-state index contributed by atoms with van der Waals surface area (Å²) in [5, 5.41) is 2.24. The predicted molar refractivity (Wildman–Crippen MR) is 72.2 cm³/mol. The molecule has 0 fully saturated rings. The molecule has 0 heterocycles. The van der Waals surface area contributed by atoms with Crippen LogP contribution in [0.4, 0.5) is 4.79 Å². The fourth-order valence-electron chi connectivity index (χ4n) is 1.29. The number of ketones is 1. The fourth-order valence-corrected chi connectivity index (χ4v) is 1.59. The Balaban J connectivity index is 2.33. The van der Waals surface area contributed by atoms with Gasteiger partial charge in [-0.2, -0.15) is 0 Å². The van der Waals surface area contributed by atoms with Gasteiger partial charge in [0.05, 0.1) is 6.04 Å². The lowest BCUT2D eigenvalue weighted by atomic mass is 10.2. The molecule has 116 valence electrons. The van der Waals surface area contributed by atoms with E-state index in [0.717, 1.165) is 5.56 Å². The molecule has 8 nitrogen and oxygen atoms in total. The number of carbonyl (C=O) groups excluding carboxylic acids is 2. The van der Waals surface area contributed by atoms with Gasteiger partial charge < -0.3 is 19.8 Å². The molecule has 1 atom stereocenters. The van der Waals surface area contributed by atoms with E-state index in [0.29, 0.717) is 0 Å². The number of Topliss-reactive ketones (excluding diaryl/α,β-unsaturated/α-hetero) is 1. The van der Waals surface area contributed by atoms with E-state index in [1.807, 2.05) is 6.07 Å². The summed E-state index contributed by atoms with van der Waals surface area (Å²) in [5.74, 6) is -0.685. The van der Waals surface area contributed by atoms with Gasteiger partial charge in [-0.15, -0.1) is 0 Å². The van der Waals surface area contributed by atoms with Crippen molar-refractivity contribution in [2.24, 2.45) is 0 Å². The van der Waals surface area contributed by atoms with Crippen LogP contribution in [0.3, 0.4) is 0 Å². The third-order valence-electron chi connectivity index (χ3n) is 2.41. The highest BCUT2D eigenvalue weighted by Crippen LogP contribution is 2.35. The minimum atomic E-state index is -4.71. The molecule has 1 amide bonds. The van der Waals surface area contributed by atoms with E-state index in [1.165, 1.54) is 6.92 Å². The van der Waals surface area contributed by atoms with Crippen LogP contribution in [0.15, 0.2) is 30.3 Å². The number of hydrogen-bond acceptors (Lipinski definition) is 5. The van der Waals surface area contributed by atoms with Crippen LogP contribution in [0.5, 0.6) is 0 Å². The topological polar surface area (TPSA) is 122 Å². The number of rotatable bonds is 7. The summed E-state index contributed by atoms with van der Waals surface area (Å²) in [6, 6.07) is 7.97. The molecule has 0 aliphatic carbocycles. The number of phosphoric ester groups is 1. The second-order valence-corrected chi connectivity index (χ2v) is 5.40. The largest absolute Gasteiger partial charge is 0.470 e. The minimum Gasteiger partial charge on any atom is -0.445 e. The number of benzene rings is 1. The zero-order valence-electron chi connectivity index (χ0n) is 11.3. The van der Waals surface area contributed by atoms with E-state index in [2.05, 4.69) is 9.84 Å².